The van der Waals surface area contributed by atoms with Crippen LogP contribution in [0, 0.1) is 0 Å². The van der Waals surface area contributed by atoms with Crippen LogP contribution in [0.25, 0.3) is 0 Å². The average molecular weight is 320 g/mol. The molecule has 0 radical (unpaired) electrons. The van der Waals surface area contributed by atoms with Crippen molar-refractivity contribution in [2.24, 2.45) is 5.73 Å². The Balaban J connectivity index is 0.00000144. The Kier molecular flexibility index (Phi) is 5.02. The van der Waals surface area contributed by atoms with Crippen LogP contribution in [0.2, 0.25) is 0 Å². The number of rotatable bonds is 2. The molecule has 0 amide bonds. The molecule has 1 aliphatic rings. The number of nitrogens with zero attached hydrogens (tertiary/aromatic N) is 1. The van der Waals surface area contributed by atoms with Gasteiger partial charge in [0.05, 0.1) is 0 Å². The average Bonchev–Trinajstić information content (AvgIpc) is 2.17. The number of fused-ring (bicyclic) bond motifs is 1. The van der Waals surface area contributed by atoms with E-state index in [4.69, 9.17) is 5.73 Å². The Morgan fingerprint density at radius 1 is 1.41 bits per heavy atom. The molecule has 2 nitrogen and oxygen atoms in total. The third kappa shape index (κ3) is 3.95. The van der Waals surface area contributed by atoms with E-state index in [0.717, 1.165) is 26.1 Å². The van der Waals surface area contributed by atoms with Gasteiger partial charge in [0.2, 0.25) is 0 Å². The molecule has 1 aromatic carbocycles. The van der Waals surface area contributed by atoms with Crippen LogP contribution in [0.15, 0.2) is 22.7 Å². The van der Waals surface area contributed by atoms with Crippen molar-refractivity contribution in [1.29, 1.82) is 0 Å². The summed E-state index contributed by atoms with van der Waals surface area (Å²) < 4.78 is 1.23. The van der Waals surface area contributed by atoms with Crippen LogP contribution >= 0.6 is 28.3 Å². The molecule has 0 spiro atoms. The molecule has 1 aliphatic heterocycles. The first-order chi connectivity index (χ1) is 7.46. The molecule has 17 heavy (non-hydrogen) atoms. The van der Waals surface area contributed by atoms with E-state index in [2.05, 4.69) is 52.9 Å². The van der Waals surface area contributed by atoms with Crippen molar-refractivity contribution in [1.82, 2.24) is 4.90 Å². The van der Waals surface area contributed by atoms with Gasteiger partial charge in [-0.2, -0.15) is 0 Å². The molecular formula is C13H20BrClN2. The first-order valence-electron chi connectivity index (χ1n) is 5.73. The highest BCUT2D eigenvalue weighted by Gasteiger charge is 2.22. The predicted molar refractivity (Wildman–Crippen MR) is 78.6 cm³/mol. The second kappa shape index (κ2) is 5.70. The van der Waals surface area contributed by atoms with E-state index in [9.17, 15) is 0 Å². The highest BCUT2D eigenvalue weighted by atomic mass is 79.9. The van der Waals surface area contributed by atoms with Crippen molar-refractivity contribution in [2.75, 3.05) is 13.1 Å². The Bertz CT molecular complexity index is 387. The van der Waals surface area contributed by atoms with E-state index in [1.165, 1.54) is 15.6 Å². The zero-order valence-corrected chi connectivity index (χ0v) is 12.8. The standard InChI is InChI=1S/C13H19BrN2.ClH/c1-13(2,15)9-16-7-6-10-4-3-5-12(14)11(10)8-16;/h3-5H,6-9,15H2,1-2H3;1H. The van der Waals surface area contributed by atoms with Crippen molar-refractivity contribution in [2.45, 2.75) is 32.4 Å². The number of nitrogens with two attached hydrogens (primary N) is 1. The number of hydrogen-bond acceptors (Lipinski definition) is 2. The van der Waals surface area contributed by atoms with Gasteiger partial charge in [0.25, 0.3) is 0 Å². The summed E-state index contributed by atoms with van der Waals surface area (Å²) in [6, 6.07) is 6.46. The minimum absolute atomic E-state index is 0. The van der Waals surface area contributed by atoms with Gasteiger partial charge in [0.1, 0.15) is 0 Å². The molecule has 1 aromatic rings. The Morgan fingerprint density at radius 3 is 2.76 bits per heavy atom. The molecule has 0 saturated heterocycles. The molecule has 0 unspecified atom stereocenters. The van der Waals surface area contributed by atoms with E-state index in [1.807, 2.05) is 0 Å². The normalized spacial score (nSPS) is 16.2. The van der Waals surface area contributed by atoms with Crippen molar-refractivity contribution in [3.63, 3.8) is 0 Å². The number of halogens is 2. The Hall–Kier alpha value is -0.0900. The summed E-state index contributed by atoms with van der Waals surface area (Å²) in [5, 5.41) is 0. The van der Waals surface area contributed by atoms with Crippen LogP contribution in [-0.4, -0.2) is 23.5 Å². The third-order valence-electron chi connectivity index (χ3n) is 2.93. The van der Waals surface area contributed by atoms with Gasteiger partial charge < -0.3 is 5.73 Å². The van der Waals surface area contributed by atoms with Crippen LogP contribution in [0.1, 0.15) is 25.0 Å². The summed E-state index contributed by atoms with van der Waals surface area (Å²) >= 11 is 3.63. The Morgan fingerprint density at radius 2 is 2.12 bits per heavy atom. The van der Waals surface area contributed by atoms with Gasteiger partial charge in [-0.1, -0.05) is 28.1 Å². The van der Waals surface area contributed by atoms with Crippen LogP contribution in [0.5, 0.6) is 0 Å². The summed E-state index contributed by atoms with van der Waals surface area (Å²) in [5.41, 5.74) is 8.86. The van der Waals surface area contributed by atoms with Gasteiger partial charge in [0, 0.05) is 29.6 Å². The molecule has 2 rings (SSSR count). The summed E-state index contributed by atoms with van der Waals surface area (Å²) in [7, 11) is 0. The van der Waals surface area contributed by atoms with Crippen LogP contribution < -0.4 is 5.73 Å². The maximum absolute atomic E-state index is 6.07. The van der Waals surface area contributed by atoms with Crippen LogP contribution in [0.3, 0.4) is 0 Å². The minimum atomic E-state index is -0.112. The topological polar surface area (TPSA) is 29.3 Å². The summed E-state index contributed by atoms with van der Waals surface area (Å²) in [5.74, 6) is 0. The molecule has 0 aliphatic carbocycles. The van der Waals surface area contributed by atoms with Crippen molar-refractivity contribution < 1.29 is 0 Å². The predicted octanol–water partition coefficient (Wildman–Crippen LogP) is 2.97. The zero-order chi connectivity index (χ0) is 11.8. The molecule has 0 fully saturated rings. The van der Waals surface area contributed by atoms with Gasteiger partial charge in [-0.25, -0.2) is 0 Å². The van der Waals surface area contributed by atoms with Crippen molar-refractivity contribution in [3.05, 3.63) is 33.8 Å². The summed E-state index contributed by atoms with van der Waals surface area (Å²) in [6.45, 7) is 7.25. The number of benzene rings is 1. The lowest BCUT2D eigenvalue weighted by molar-refractivity contribution is 0.209. The van der Waals surface area contributed by atoms with Gasteiger partial charge in [-0.05, 0) is 37.5 Å². The summed E-state index contributed by atoms with van der Waals surface area (Å²) in [6.07, 6.45) is 1.13. The minimum Gasteiger partial charge on any atom is -0.324 e. The lowest BCUT2D eigenvalue weighted by Crippen LogP contribution is -2.46. The lowest BCUT2D eigenvalue weighted by atomic mass is 9.98. The van der Waals surface area contributed by atoms with E-state index < -0.39 is 0 Å². The first-order valence-corrected chi connectivity index (χ1v) is 6.52. The molecule has 0 aromatic heterocycles. The Labute approximate surface area is 118 Å². The lowest BCUT2D eigenvalue weighted by Gasteiger charge is -2.34. The molecule has 2 N–H and O–H groups in total. The monoisotopic (exact) mass is 318 g/mol. The highest BCUT2D eigenvalue weighted by Crippen LogP contribution is 2.26. The van der Waals surface area contributed by atoms with Gasteiger partial charge in [0.15, 0.2) is 0 Å². The summed E-state index contributed by atoms with van der Waals surface area (Å²) in [4.78, 5) is 2.44. The quantitative estimate of drug-likeness (QED) is 0.908. The smallest absolute Gasteiger partial charge is 0.0248 e. The third-order valence-corrected chi connectivity index (χ3v) is 3.67. The fourth-order valence-electron chi connectivity index (χ4n) is 2.31. The fourth-order valence-corrected chi connectivity index (χ4v) is 2.84. The largest absolute Gasteiger partial charge is 0.324 e. The number of hydrogen-bond donors (Lipinski definition) is 1. The van der Waals surface area contributed by atoms with Crippen molar-refractivity contribution in [3.8, 4) is 0 Å². The van der Waals surface area contributed by atoms with Crippen molar-refractivity contribution >= 4 is 28.3 Å². The van der Waals surface area contributed by atoms with Crippen LogP contribution in [0.4, 0.5) is 0 Å². The van der Waals surface area contributed by atoms with Crippen LogP contribution in [-0.2, 0) is 13.0 Å². The maximum Gasteiger partial charge on any atom is 0.0248 e. The molecular weight excluding hydrogens is 300 g/mol. The second-order valence-corrected chi connectivity index (χ2v) is 6.18. The molecule has 96 valence electrons. The molecule has 0 atom stereocenters. The van der Waals surface area contributed by atoms with E-state index in [-0.39, 0.29) is 17.9 Å². The van der Waals surface area contributed by atoms with Gasteiger partial charge in [-0.15, -0.1) is 12.4 Å². The van der Waals surface area contributed by atoms with E-state index in [1.54, 1.807) is 0 Å². The molecule has 0 saturated carbocycles. The fraction of sp³-hybridized carbons (Fsp3) is 0.538. The second-order valence-electron chi connectivity index (χ2n) is 5.33. The van der Waals surface area contributed by atoms with E-state index in [0.29, 0.717) is 0 Å². The van der Waals surface area contributed by atoms with Gasteiger partial charge >= 0.3 is 0 Å². The highest BCUT2D eigenvalue weighted by molar-refractivity contribution is 9.10. The first kappa shape index (κ1) is 15.0. The molecule has 1 heterocycles. The van der Waals surface area contributed by atoms with Gasteiger partial charge in [-0.3, -0.25) is 4.90 Å². The zero-order valence-electron chi connectivity index (χ0n) is 10.4. The SMILES string of the molecule is CC(C)(N)CN1CCc2cccc(Br)c2C1.Cl. The van der Waals surface area contributed by atoms with E-state index >= 15 is 0 Å². The molecule has 4 heteroatoms. The molecule has 0 bridgehead atoms. The maximum atomic E-state index is 6.07.